The lowest BCUT2D eigenvalue weighted by Gasteiger charge is -2.10. The number of anilines is 1. The van der Waals surface area contributed by atoms with E-state index in [1.807, 2.05) is 0 Å². The van der Waals surface area contributed by atoms with Crippen molar-refractivity contribution in [3.8, 4) is 5.75 Å². The number of rotatable bonds is 7. The third kappa shape index (κ3) is 4.53. The number of carbonyl (C=O) groups excluding carboxylic acids is 2. The van der Waals surface area contributed by atoms with Gasteiger partial charge in [-0.25, -0.2) is 0 Å². The highest BCUT2D eigenvalue weighted by molar-refractivity contribution is 6.06. The molecule has 24 heavy (non-hydrogen) atoms. The van der Waals surface area contributed by atoms with E-state index >= 15 is 0 Å². The number of benzene rings is 1. The van der Waals surface area contributed by atoms with Crippen molar-refractivity contribution < 1.29 is 19.1 Å². The first-order chi connectivity index (χ1) is 11.7. The average molecular weight is 329 g/mol. The molecule has 0 radical (unpaired) electrons. The molecule has 0 atom stereocenters. The molecule has 0 bridgehead atoms. The zero-order valence-corrected chi connectivity index (χ0v) is 13.5. The van der Waals surface area contributed by atoms with Gasteiger partial charge in [0.2, 0.25) is 0 Å². The number of hydrogen-bond donors (Lipinski definition) is 2. The lowest BCUT2D eigenvalue weighted by atomic mass is 10.1. The number of ether oxygens (including phenoxy) is 2. The molecule has 0 unspecified atom stereocenters. The van der Waals surface area contributed by atoms with Gasteiger partial charge in [-0.05, 0) is 18.2 Å². The number of pyridine rings is 1. The molecule has 0 spiro atoms. The Labute approximate surface area is 140 Å². The first kappa shape index (κ1) is 17.4. The topological polar surface area (TPSA) is 89.5 Å². The van der Waals surface area contributed by atoms with E-state index in [9.17, 15) is 9.59 Å². The highest BCUT2D eigenvalue weighted by Gasteiger charge is 2.13. The molecule has 0 aliphatic rings. The summed E-state index contributed by atoms with van der Waals surface area (Å²) >= 11 is 0. The molecule has 0 saturated carbocycles. The van der Waals surface area contributed by atoms with Crippen molar-refractivity contribution in [2.24, 2.45) is 0 Å². The highest BCUT2D eigenvalue weighted by atomic mass is 16.5. The maximum Gasteiger partial charge on any atom is 0.257 e. The predicted octanol–water partition coefficient (Wildman–Crippen LogP) is 1.72. The fourth-order valence-electron chi connectivity index (χ4n) is 2.00. The number of nitrogens with zero attached hydrogens (tertiary/aromatic N) is 1. The SMILES string of the molecule is COCCNC(=O)c1cncc(C(=O)Nc2ccccc2OC)c1. The Balaban J connectivity index is 2.10. The molecule has 2 amide bonds. The molecule has 1 aromatic heterocycles. The Morgan fingerprint density at radius 1 is 1.08 bits per heavy atom. The fraction of sp³-hybridized carbons (Fsp3) is 0.235. The molecule has 0 fully saturated rings. The van der Waals surface area contributed by atoms with E-state index in [0.717, 1.165) is 0 Å². The van der Waals surface area contributed by atoms with Crippen LogP contribution in [0.15, 0.2) is 42.7 Å². The van der Waals surface area contributed by atoms with E-state index in [2.05, 4.69) is 15.6 Å². The van der Waals surface area contributed by atoms with Gasteiger partial charge in [0.25, 0.3) is 11.8 Å². The van der Waals surface area contributed by atoms with Crippen LogP contribution in [0.2, 0.25) is 0 Å². The van der Waals surface area contributed by atoms with Gasteiger partial charge in [-0.3, -0.25) is 14.6 Å². The number of hydrogen-bond acceptors (Lipinski definition) is 5. The summed E-state index contributed by atoms with van der Waals surface area (Å²) in [5.41, 5.74) is 1.12. The summed E-state index contributed by atoms with van der Waals surface area (Å²) in [5.74, 6) is -0.141. The fourth-order valence-corrected chi connectivity index (χ4v) is 2.00. The normalized spacial score (nSPS) is 10.1. The van der Waals surface area contributed by atoms with E-state index < -0.39 is 0 Å². The molecule has 0 saturated heterocycles. The van der Waals surface area contributed by atoms with Crippen LogP contribution in [0.3, 0.4) is 0 Å². The third-order valence-corrected chi connectivity index (χ3v) is 3.21. The van der Waals surface area contributed by atoms with Gasteiger partial charge in [0.05, 0.1) is 30.5 Å². The van der Waals surface area contributed by atoms with E-state index in [1.165, 1.54) is 25.6 Å². The second-order valence-corrected chi connectivity index (χ2v) is 4.87. The molecule has 0 aliphatic heterocycles. The van der Waals surface area contributed by atoms with E-state index in [-0.39, 0.29) is 17.4 Å². The van der Waals surface area contributed by atoms with Gasteiger partial charge in [-0.15, -0.1) is 0 Å². The smallest absolute Gasteiger partial charge is 0.257 e. The van der Waals surface area contributed by atoms with E-state index in [1.54, 1.807) is 31.4 Å². The molecule has 126 valence electrons. The first-order valence-electron chi connectivity index (χ1n) is 7.32. The van der Waals surface area contributed by atoms with Crippen LogP contribution in [0.5, 0.6) is 5.75 Å². The number of para-hydroxylation sites is 2. The number of nitrogens with one attached hydrogen (secondary N) is 2. The minimum atomic E-state index is -0.376. The van der Waals surface area contributed by atoms with Gasteiger partial charge in [0.1, 0.15) is 5.75 Å². The van der Waals surface area contributed by atoms with Gasteiger partial charge in [-0.2, -0.15) is 0 Å². The molecule has 1 heterocycles. The van der Waals surface area contributed by atoms with Gasteiger partial charge >= 0.3 is 0 Å². The monoisotopic (exact) mass is 329 g/mol. The molecule has 2 aromatic rings. The summed E-state index contributed by atoms with van der Waals surface area (Å²) in [4.78, 5) is 28.3. The number of amides is 2. The molecule has 2 N–H and O–H groups in total. The minimum absolute atomic E-state index is 0.278. The summed E-state index contributed by atoms with van der Waals surface area (Å²) in [7, 11) is 3.08. The number of carbonyl (C=O) groups is 2. The van der Waals surface area contributed by atoms with Gasteiger partial charge in [-0.1, -0.05) is 12.1 Å². The average Bonchev–Trinajstić information content (AvgIpc) is 2.62. The molecule has 7 nitrogen and oxygen atoms in total. The summed E-state index contributed by atoms with van der Waals surface area (Å²) < 4.78 is 10.1. The number of aromatic nitrogens is 1. The second kappa shape index (κ2) is 8.64. The summed E-state index contributed by atoms with van der Waals surface area (Å²) in [5, 5.41) is 5.42. The lowest BCUT2D eigenvalue weighted by Crippen LogP contribution is -2.27. The molecular weight excluding hydrogens is 310 g/mol. The maximum atomic E-state index is 12.4. The van der Waals surface area contributed by atoms with E-state index in [0.29, 0.717) is 30.2 Å². The summed E-state index contributed by atoms with van der Waals surface area (Å²) in [6.07, 6.45) is 2.80. The molecule has 0 aliphatic carbocycles. The quantitative estimate of drug-likeness (QED) is 0.755. The molecule has 7 heteroatoms. The largest absolute Gasteiger partial charge is 0.495 e. The Kier molecular flexibility index (Phi) is 6.27. The van der Waals surface area contributed by atoms with E-state index in [4.69, 9.17) is 9.47 Å². The van der Waals surface area contributed by atoms with Gasteiger partial charge < -0.3 is 20.1 Å². The van der Waals surface area contributed by atoms with Crippen LogP contribution < -0.4 is 15.4 Å². The Morgan fingerprint density at radius 3 is 2.50 bits per heavy atom. The van der Waals surface area contributed by atoms with Crippen LogP contribution in [0, 0.1) is 0 Å². The number of methoxy groups -OCH3 is 2. The van der Waals surface area contributed by atoms with Gasteiger partial charge in [0.15, 0.2) is 0 Å². The van der Waals surface area contributed by atoms with Crippen molar-refractivity contribution in [2.75, 3.05) is 32.7 Å². The standard InChI is InChI=1S/C17H19N3O4/c1-23-8-7-19-16(21)12-9-13(11-18-10-12)17(22)20-14-5-3-4-6-15(14)24-2/h3-6,9-11H,7-8H2,1-2H3,(H,19,21)(H,20,22). The summed E-state index contributed by atoms with van der Waals surface area (Å²) in [6.45, 7) is 0.792. The van der Waals surface area contributed by atoms with Crippen LogP contribution in [0.1, 0.15) is 20.7 Å². The minimum Gasteiger partial charge on any atom is -0.495 e. The van der Waals surface area contributed by atoms with Crippen LogP contribution >= 0.6 is 0 Å². The molecule has 2 rings (SSSR count). The Hall–Kier alpha value is -2.93. The first-order valence-corrected chi connectivity index (χ1v) is 7.32. The zero-order valence-electron chi connectivity index (χ0n) is 13.5. The van der Waals surface area contributed by atoms with Crippen molar-refractivity contribution in [1.82, 2.24) is 10.3 Å². The van der Waals surface area contributed by atoms with Crippen LogP contribution in [-0.2, 0) is 4.74 Å². The highest BCUT2D eigenvalue weighted by Crippen LogP contribution is 2.23. The van der Waals surface area contributed by atoms with Crippen molar-refractivity contribution >= 4 is 17.5 Å². The van der Waals surface area contributed by atoms with Crippen molar-refractivity contribution in [3.05, 3.63) is 53.9 Å². The van der Waals surface area contributed by atoms with Crippen LogP contribution in [-0.4, -0.2) is 44.2 Å². The van der Waals surface area contributed by atoms with Crippen LogP contribution in [0.25, 0.3) is 0 Å². The van der Waals surface area contributed by atoms with Crippen molar-refractivity contribution in [2.45, 2.75) is 0 Å². The van der Waals surface area contributed by atoms with Gasteiger partial charge in [0, 0.05) is 26.0 Å². The predicted molar refractivity (Wildman–Crippen MR) is 89.4 cm³/mol. The van der Waals surface area contributed by atoms with Crippen molar-refractivity contribution in [1.29, 1.82) is 0 Å². The Morgan fingerprint density at radius 2 is 1.79 bits per heavy atom. The zero-order chi connectivity index (χ0) is 17.4. The lowest BCUT2D eigenvalue weighted by molar-refractivity contribution is 0.0936. The van der Waals surface area contributed by atoms with Crippen molar-refractivity contribution in [3.63, 3.8) is 0 Å². The molecular formula is C17H19N3O4. The summed E-state index contributed by atoms with van der Waals surface area (Å²) in [6, 6.07) is 8.55. The second-order valence-electron chi connectivity index (χ2n) is 4.87. The molecule has 1 aromatic carbocycles. The maximum absolute atomic E-state index is 12.4. The van der Waals surface area contributed by atoms with Crippen LogP contribution in [0.4, 0.5) is 5.69 Å². The Bertz CT molecular complexity index is 718. The third-order valence-electron chi connectivity index (χ3n) is 3.21.